The topological polar surface area (TPSA) is 37.4 Å². The van der Waals surface area contributed by atoms with Crippen molar-refractivity contribution in [2.24, 2.45) is 0 Å². The molecule has 2 aromatic rings. The Balaban J connectivity index is 1.63. The van der Waals surface area contributed by atoms with E-state index in [1.54, 1.807) is 11.3 Å². The number of amides is 1. The number of likely N-dealkylation sites (tertiary alicyclic amines) is 1. The van der Waals surface area contributed by atoms with Gasteiger partial charge in [-0.25, -0.2) is 0 Å². The zero-order chi connectivity index (χ0) is 18.0. The lowest BCUT2D eigenvalue weighted by atomic mass is 10.0. The number of hydrogen-bond donors (Lipinski definition) is 0. The molecular formula is C21H25NO2S. The van der Waals surface area contributed by atoms with Crippen LogP contribution < -0.4 is 0 Å². The van der Waals surface area contributed by atoms with Crippen LogP contribution in [0.3, 0.4) is 0 Å². The quantitative estimate of drug-likeness (QED) is 0.708. The molecule has 1 aromatic heterocycles. The van der Waals surface area contributed by atoms with Gasteiger partial charge in [-0.1, -0.05) is 29.8 Å². The van der Waals surface area contributed by atoms with E-state index in [-0.39, 0.29) is 17.7 Å². The molecule has 1 fully saturated rings. The van der Waals surface area contributed by atoms with Crippen molar-refractivity contribution in [1.82, 2.24) is 4.90 Å². The minimum absolute atomic E-state index is 0.0845. The summed E-state index contributed by atoms with van der Waals surface area (Å²) in [6.45, 7) is 6.85. The molecular weight excluding hydrogens is 330 g/mol. The van der Waals surface area contributed by atoms with E-state index in [4.69, 9.17) is 0 Å². The van der Waals surface area contributed by atoms with Crippen molar-refractivity contribution in [3.63, 3.8) is 0 Å². The van der Waals surface area contributed by atoms with Gasteiger partial charge < -0.3 is 4.90 Å². The van der Waals surface area contributed by atoms with Gasteiger partial charge in [-0.15, -0.1) is 11.3 Å². The highest BCUT2D eigenvalue weighted by atomic mass is 32.1. The molecule has 0 radical (unpaired) electrons. The maximum atomic E-state index is 12.7. The number of rotatable bonds is 5. The van der Waals surface area contributed by atoms with Crippen LogP contribution in [-0.2, 0) is 4.79 Å². The van der Waals surface area contributed by atoms with Crippen molar-refractivity contribution < 1.29 is 9.59 Å². The van der Waals surface area contributed by atoms with Crippen LogP contribution >= 0.6 is 11.3 Å². The number of carbonyl (C=O) groups is 2. The first kappa shape index (κ1) is 17.9. The molecule has 1 atom stereocenters. The fourth-order valence-electron chi connectivity index (χ4n) is 3.61. The highest BCUT2D eigenvalue weighted by molar-refractivity contribution is 7.12. The van der Waals surface area contributed by atoms with Crippen molar-refractivity contribution in [1.29, 1.82) is 0 Å². The largest absolute Gasteiger partial charge is 0.336 e. The number of nitrogens with zero attached hydrogens (tertiary/aromatic N) is 1. The molecule has 0 saturated carbocycles. The van der Waals surface area contributed by atoms with Gasteiger partial charge in [-0.3, -0.25) is 9.59 Å². The molecule has 1 aliphatic rings. The molecule has 0 bridgehead atoms. The average molecular weight is 356 g/mol. The van der Waals surface area contributed by atoms with Crippen molar-refractivity contribution in [2.45, 2.75) is 52.5 Å². The molecule has 4 heteroatoms. The molecule has 132 valence electrons. The predicted molar refractivity (Wildman–Crippen MR) is 102 cm³/mol. The Morgan fingerprint density at radius 3 is 2.48 bits per heavy atom. The standard InChI is InChI=1S/C21H25NO2S/c1-14-6-8-17(9-7-14)19-5-4-12-22(19)21(24)11-10-20(23)18-13-15(2)25-16(18)3/h6-9,13,19H,4-5,10-12H2,1-3H3. The van der Waals surface area contributed by atoms with Crippen LogP contribution in [0.4, 0.5) is 0 Å². The Morgan fingerprint density at radius 2 is 1.84 bits per heavy atom. The van der Waals surface area contributed by atoms with Gasteiger partial charge in [0.2, 0.25) is 5.91 Å². The van der Waals surface area contributed by atoms with Crippen LogP contribution in [0.1, 0.15) is 63.0 Å². The second-order valence-electron chi connectivity index (χ2n) is 6.91. The maximum absolute atomic E-state index is 12.7. The molecule has 3 nitrogen and oxygen atoms in total. The van der Waals surface area contributed by atoms with Gasteiger partial charge >= 0.3 is 0 Å². The number of Topliss-reactive ketones (excluding diaryl/α,β-unsaturated/α-hetero) is 1. The van der Waals surface area contributed by atoms with Gasteiger partial charge in [0, 0.05) is 34.7 Å². The zero-order valence-electron chi connectivity index (χ0n) is 15.2. The lowest BCUT2D eigenvalue weighted by Gasteiger charge is -2.25. The van der Waals surface area contributed by atoms with Gasteiger partial charge in [0.15, 0.2) is 5.78 Å². The van der Waals surface area contributed by atoms with Crippen LogP contribution in [0.15, 0.2) is 30.3 Å². The van der Waals surface area contributed by atoms with Crippen molar-refractivity contribution >= 4 is 23.0 Å². The highest BCUT2D eigenvalue weighted by Gasteiger charge is 2.30. The van der Waals surface area contributed by atoms with Crippen LogP contribution in [0.5, 0.6) is 0 Å². The monoisotopic (exact) mass is 355 g/mol. The molecule has 1 unspecified atom stereocenters. The smallest absolute Gasteiger partial charge is 0.223 e. The normalized spacial score (nSPS) is 17.1. The van der Waals surface area contributed by atoms with E-state index in [1.165, 1.54) is 11.1 Å². The predicted octanol–water partition coefficient (Wildman–Crippen LogP) is 5.00. The Kier molecular flexibility index (Phi) is 5.38. The van der Waals surface area contributed by atoms with E-state index in [0.29, 0.717) is 12.8 Å². The number of benzene rings is 1. The Morgan fingerprint density at radius 1 is 1.12 bits per heavy atom. The summed E-state index contributed by atoms with van der Waals surface area (Å²) in [4.78, 5) is 29.3. The summed E-state index contributed by atoms with van der Waals surface area (Å²) in [5, 5.41) is 0. The van der Waals surface area contributed by atoms with Crippen LogP contribution in [-0.4, -0.2) is 23.1 Å². The van der Waals surface area contributed by atoms with E-state index < -0.39 is 0 Å². The van der Waals surface area contributed by atoms with Gasteiger partial charge in [-0.05, 0) is 45.2 Å². The van der Waals surface area contributed by atoms with Crippen LogP contribution in [0.2, 0.25) is 0 Å². The summed E-state index contributed by atoms with van der Waals surface area (Å²) in [5.41, 5.74) is 3.21. The van der Waals surface area contributed by atoms with E-state index >= 15 is 0 Å². The van der Waals surface area contributed by atoms with E-state index in [2.05, 4.69) is 31.2 Å². The summed E-state index contributed by atoms with van der Waals surface area (Å²) in [6.07, 6.45) is 2.63. The molecule has 0 aliphatic carbocycles. The number of ketones is 1. The first-order chi connectivity index (χ1) is 12.0. The first-order valence-electron chi connectivity index (χ1n) is 8.92. The van der Waals surface area contributed by atoms with Crippen molar-refractivity contribution in [3.05, 3.63) is 56.8 Å². The molecule has 1 aliphatic heterocycles. The number of carbonyl (C=O) groups excluding carboxylic acids is 2. The molecule has 1 aromatic carbocycles. The third kappa shape index (κ3) is 4.01. The lowest BCUT2D eigenvalue weighted by Crippen LogP contribution is -2.30. The average Bonchev–Trinajstić information content (AvgIpc) is 3.19. The van der Waals surface area contributed by atoms with Gasteiger partial charge in [0.1, 0.15) is 0 Å². The number of hydrogen-bond acceptors (Lipinski definition) is 3. The van der Waals surface area contributed by atoms with Gasteiger partial charge in [0.05, 0.1) is 6.04 Å². The minimum Gasteiger partial charge on any atom is -0.336 e. The lowest BCUT2D eigenvalue weighted by molar-refractivity contribution is -0.132. The summed E-state index contributed by atoms with van der Waals surface area (Å²) < 4.78 is 0. The Labute approximate surface area is 153 Å². The first-order valence-corrected chi connectivity index (χ1v) is 9.73. The fraction of sp³-hybridized carbons (Fsp3) is 0.429. The van der Waals surface area contributed by atoms with E-state index in [9.17, 15) is 9.59 Å². The summed E-state index contributed by atoms with van der Waals surface area (Å²) >= 11 is 1.64. The molecule has 3 rings (SSSR count). The van der Waals surface area contributed by atoms with Crippen molar-refractivity contribution in [3.8, 4) is 0 Å². The molecule has 2 heterocycles. The number of thiophene rings is 1. The molecule has 25 heavy (non-hydrogen) atoms. The Hall–Kier alpha value is -1.94. The number of aryl methyl sites for hydroxylation is 3. The maximum Gasteiger partial charge on any atom is 0.223 e. The molecule has 0 N–H and O–H groups in total. The third-order valence-corrected chi connectivity index (χ3v) is 5.91. The molecule has 1 saturated heterocycles. The van der Waals surface area contributed by atoms with Gasteiger partial charge in [0.25, 0.3) is 0 Å². The Bertz CT molecular complexity index is 776. The second-order valence-corrected chi connectivity index (χ2v) is 8.37. The molecule has 1 amide bonds. The van der Waals surface area contributed by atoms with E-state index in [0.717, 1.165) is 34.7 Å². The van der Waals surface area contributed by atoms with Crippen molar-refractivity contribution in [2.75, 3.05) is 6.54 Å². The SMILES string of the molecule is Cc1ccc(C2CCCN2C(=O)CCC(=O)c2cc(C)sc2C)cc1. The summed E-state index contributed by atoms with van der Waals surface area (Å²) in [5.74, 6) is 0.183. The third-order valence-electron chi connectivity index (χ3n) is 4.94. The van der Waals surface area contributed by atoms with E-state index in [1.807, 2.05) is 24.8 Å². The zero-order valence-corrected chi connectivity index (χ0v) is 16.0. The second kappa shape index (κ2) is 7.52. The van der Waals surface area contributed by atoms with Gasteiger partial charge in [-0.2, -0.15) is 0 Å². The van der Waals surface area contributed by atoms with Crippen LogP contribution in [0, 0.1) is 20.8 Å². The minimum atomic E-state index is 0.0845. The van der Waals surface area contributed by atoms with Crippen LogP contribution in [0.25, 0.3) is 0 Å². The molecule has 0 spiro atoms. The summed E-state index contributed by atoms with van der Waals surface area (Å²) in [6, 6.07) is 10.5. The highest BCUT2D eigenvalue weighted by Crippen LogP contribution is 2.33. The summed E-state index contributed by atoms with van der Waals surface area (Å²) in [7, 11) is 0. The fourth-order valence-corrected chi connectivity index (χ4v) is 4.55.